The molecule has 0 N–H and O–H groups in total. The third-order valence-corrected chi connectivity index (χ3v) is 3.48. The van der Waals surface area contributed by atoms with Gasteiger partial charge in [0.25, 0.3) is 0 Å². The summed E-state index contributed by atoms with van der Waals surface area (Å²) in [5.41, 5.74) is 1.31. The SMILES string of the molecule is CCC=CCCC=C(C)CN(C(=O)C1CC1)C(C)C. The average molecular weight is 263 g/mol. The molecule has 0 aromatic heterocycles. The molecule has 0 aliphatic heterocycles. The Hall–Kier alpha value is -1.05. The van der Waals surface area contributed by atoms with Gasteiger partial charge < -0.3 is 4.90 Å². The Morgan fingerprint density at radius 1 is 1.26 bits per heavy atom. The zero-order chi connectivity index (χ0) is 14.3. The van der Waals surface area contributed by atoms with Crippen molar-refractivity contribution in [2.24, 2.45) is 5.92 Å². The number of allylic oxidation sites excluding steroid dienone is 3. The summed E-state index contributed by atoms with van der Waals surface area (Å²) in [6, 6.07) is 0.302. The maximum absolute atomic E-state index is 12.2. The van der Waals surface area contributed by atoms with E-state index in [1.54, 1.807) is 0 Å². The number of carbonyl (C=O) groups excluding carboxylic acids is 1. The monoisotopic (exact) mass is 263 g/mol. The Morgan fingerprint density at radius 2 is 1.95 bits per heavy atom. The van der Waals surface area contributed by atoms with E-state index >= 15 is 0 Å². The fourth-order valence-electron chi connectivity index (χ4n) is 2.12. The van der Waals surface area contributed by atoms with Crippen molar-refractivity contribution in [1.29, 1.82) is 0 Å². The molecule has 108 valence electrons. The van der Waals surface area contributed by atoms with E-state index in [0.717, 1.165) is 38.6 Å². The van der Waals surface area contributed by atoms with Crippen LogP contribution < -0.4 is 0 Å². The van der Waals surface area contributed by atoms with Crippen LogP contribution in [0, 0.1) is 5.92 Å². The Balaban J connectivity index is 2.41. The summed E-state index contributed by atoms with van der Waals surface area (Å²) in [5, 5.41) is 0. The minimum absolute atomic E-state index is 0.302. The lowest BCUT2D eigenvalue weighted by atomic mass is 10.1. The van der Waals surface area contributed by atoms with Crippen molar-refractivity contribution in [2.45, 2.75) is 65.8 Å². The molecular formula is C17H29NO. The second kappa shape index (κ2) is 8.19. The largest absolute Gasteiger partial charge is 0.336 e. The first-order valence-electron chi connectivity index (χ1n) is 7.67. The van der Waals surface area contributed by atoms with E-state index in [2.05, 4.69) is 45.9 Å². The van der Waals surface area contributed by atoms with Crippen molar-refractivity contribution in [3.63, 3.8) is 0 Å². The first-order chi connectivity index (χ1) is 9.06. The highest BCUT2D eigenvalue weighted by molar-refractivity contribution is 5.81. The summed E-state index contributed by atoms with van der Waals surface area (Å²) in [7, 11) is 0. The first kappa shape index (κ1) is 16.0. The number of hydrogen-bond donors (Lipinski definition) is 0. The van der Waals surface area contributed by atoms with E-state index < -0.39 is 0 Å². The van der Waals surface area contributed by atoms with Crippen LogP contribution >= 0.6 is 0 Å². The van der Waals surface area contributed by atoms with Crippen LogP contribution in [0.5, 0.6) is 0 Å². The van der Waals surface area contributed by atoms with Gasteiger partial charge in [0.2, 0.25) is 5.91 Å². The number of unbranched alkanes of at least 4 members (excludes halogenated alkanes) is 1. The topological polar surface area (TPSA) is 20.3 Å². The van der Waals surface area contributed by atoms with Gasteiger partial charge in [-0.15, -0.1) is 0 Å². The summed E-state index contributed by atoms with van der Waals surface area (Å²) in [5.74, 6) is 0.677. The van der Waals surface area contributed by atoms with E-state index in [9.17, 15) is 4.79 Å². The minimum Gasteiger partial charge on any atom is -0.336 e. The second-order valence-corrected chi connectivity index (χ2v) is 5.84. The molecule has 0 bridgehead atoms. The molecule has 0 saturated heterocycles. The molecular weight excluding hydrogens is 234 g/mol. The maximum Gasteiger partial charge on any atom is 0.226 e. The third-order valence-electron chi connectivity index (χ3n) is 3.48. The van der Waals surface area contributed by atoms with Crippen molar-refractivity contribution >= 4 is 5.91 Å². The number of carbonyl (C=O) groups is 1. The molecule has 1 fully saturated rings. The first-order valence-corrected chi connectivity index (χ1v) is 7.67. The quantitative estimate of drug-likeness (QED) is 0.471. The molecule has 0 spiro atoms. The van der Waals surface area contributed by atoms with Crippen LogP contribution in [-0.4, -0.2) is 23.4 Å². The lowest BCUT2D eigenvalue weighted by molar-refractivity contribution is -0.133. The number of rotatable bonds is 8. The lowest BCUT2D eigenvalue weighted by Crippen LogP contribution is -2.39. The Morgan fingerprint density at radius 3 is 2.47 bits per heavy atom. The Labute approximate surface area is 118 Å². The molecule has 0 heterocycles. The molecule has 0 atom stereocenters. The summed E-state index contributed by atoms with van der Waals surface area (Å²) in [6.45, 7) is 9.31. The van der Waals surface area contributed by atoms with Crippen molar-refractivity contribution in [3.8, 4) is 0 Å². The highest BCUT2D eigenvalue weighted by Gasteiger charge is 2.34. The molecule has 0 aromatic rings. The highest BCUT2D eigenvalue weighted by atomic mass is 16.2. The highest BCUT2D eigenvalue weighted by Crippen LogP contribution is 2.31. The van der Waals surface area contributed by atoms with E-state index in [-0.39, 0.29) is 0 Å². The van der Waals surface area contributed by atoms with Gasteiger partial charge in [-0.05, 0) is 52.9 Å². The summed E-state index contributed by atoms with van der Waals surface area (Å²) in [4.78, 5) is 14.2. The predicted octanol–water partition coefficient (Wildman–Crippen LogP) is 4.33. The van der Waals surface area contributed by atoms with Crippen LogP contribution in [0.3, 0.4) is 0 Å². The Bertz CT molecular complexity index is 337. The van der Waals surface area contributed by atoms with Crippen LogP contribution in [0.4, 0.5) is 0 Å². The van der Waals surface area contributed by atoms with Gasteiger partial charge in [-0.1, -0.05) is 30.7 Å². The number of amides is 1. The van der Waals surface area contributed by atoms with E-state index in [0.29, 0.717) is 17.9 Å². The summed E-state index contributed by atoms with van der Waals surface area (Å²) in [6.07, 6.45) is 12.2. The van der Waals surface area contributed by atoms with Crippen molar-refractivity contribution < 1.29 is 4.79 Å². The molecule has 1 aliphatic rings. The zero-order valence-electron chi connectivity index (χ0n) is 13.0. The molecule has 1 saturated carbocycles. The maximum atomic E-state index is 12.2. The molecule has 2 nitrogen and oxygen atoms in total. The predicted molar refractivity (Wildman–Crippen MR) is 82.0 cm³/mol. The molecule has 0 radical (unpaired) electrons. The smallest absolute Gasteiger partial charge is 0.226 e. The third kappa shape index (κ3) is 6.09. The second-order valence-electron chi connectivity index (χ2n) is 5.84. The fourth-order valence-corrected chi connectivity index (χ4v) is 2.12. The van der Waals surface area contributed by atoms with Gasteiger partial charge in [-0.25, -0.2) is 0 Å². The van der Waals surface area contributed by atoms with Gasteiger partial charge in [-0.2, -0.15) is 0 Å². The number of nitrogens with zero attached hydrogens (tertiary/aromatic N) is 1. The van der Waals surface area contributed by atoms with E-state index in [1.165, 1.54) is 5.57 Å². The fraction of sp³-hybridized carbons (Fsp3) is 0.706. The lowest BCUT2D eigenvalue weighted by Gasteiger charge is -2.27. The number of hydrogen-bond acceptors (Lipinski definition) is 1. The zero-order valence-corrected chi connectivity index (χ0v) is 13.0. The summed E-state index contributed by atoms with van der Waals surface area (Å²) < 4.78 is 0. The van der Waals surface area contributed by atoms with E-state index in [1.807, 2.05) is 4.90 Å². The molecule has 0 unspecified atom stereocenters. The molecule has 1 rings (SSSR count). The molecule has 0 aromatic carbocycles. The van der Waals surface area contributed by atoms with Crippen LogP contribution in [0.25, 0.3) is 0 Å². The van der Waals surface area contributed by atoms with Gasteiger partial charge in [0.05, 0.1) is 0 Å². The molecule has 1 amide bonds. The van der Waals surface area contributed by atoms with Gasteiger partial charge in [-0.3, -0.25) is 4.79 Å². The normalized spacial score (nSPS) is 16.4. The average Bonchev–Trinajstić information content (AvgIpc) is 3.18. The molecule has 19 heavy (non-hydrogen) atoms. The van der Waals surface area contributed by atoms with Crippen molar-refractivity contribution in [3.05, 3.63) is 23.8 Å². The van der Waals surface area contributed by atoms with Gasteiger partial charge >= 0.3 is 0 Å². The minimum atomic E-state index is 0.302. The van der Waals surface area contributed by atoms with Crippen molar-refractivity contribution in [2.75, 3.05) is 6.54 Å². The van der Waals surface area contributed by atoms with Gasteiger partial charge in [0.1, 0.15) is 0 Å². The van der Waals surface area contributed by atoms with E-state index in [4.69, 9.17) is 0 Å². The summed E-state index contributed by atoms with van der Waals surface area (Å²) >= 11 is 0. The van der Waals surface area contributed by atoms with Gasteiger partial charge in [0.15, 0.2) is 0 Å². The van der Waals surface area contributed by atoms with Crippen LogP contribution in [0.2, 0.25) is 0 Å². The van der Waals surface area contributed by atoms with Gasteiger partial charge in [0, 0.05) is 18.5 Å². The Kier molecular flexibility index (Phi) is 6.90. The van der Waals surface area contributed by atoms with Crippen molar-refractivity contribution in [1.82, 2.24) is 4.90 Å². The molecule has 2 heteroatoms. The van der Waals surface area contributed by atoms with Crippen LogP contribution in [0.1, 0.15) is 59.8 Å². The standard InChI is InChI=1S/C17H29NO/c1-5-6-7-8-9-10-15(4)13-18(14(2)3)17(19)16-11-12-16/h6-7,10,14,16H,5,8-9,11-13H2,1-4H3. The molecule has 1 aliphatic carbocycles. The van der Waals surface area contributed by atoms with Crippen LogP contribution in [-0.2, 0) is 4.79 Å². The van der Waals surface area contributed by atoms with Crippen LogP contribution in [0.15, 0.2) is 23.8 Å².